The van der Waals surface area contributed by atoms with Crippen molar-refractivity contribution in [1.82, 2.24) is 5.32 Å². The lowest BCUT2D eigenvalue weighted by Gasteiger charge is -2.29. The molecule has 1 N–H and O–H groups in total. The average molecular weight is 183 g/mol. The molecule has 1 fully saturated rings. The van der Waals surface area contributed by atoms with E-state index in [2.05, 4.69) is 33.0 Å². The Morgan fingerprint density at radius 2 is 2.00 bits per heavy atom. The van der Waals surface area contributed by atoms with Crippen LogP contribution in [0.3, 0.4) is 0 Å². The van der Waals surface area contributed by atoms with Crippen molar-refractivity contribution < 1.29 is 4.79 Å². The van der Waals surface area contributed by atoms with E-state index in [9.17, 15) is 4.79 Å². The summed E-state index contributed by atoms with van der Waals surface area (Å²) in [6.07, 6.45) is 1.09. The quantitative estimate of drug-likeness (QED) is 0.698. The Bertz CT molecular complexity index is 208. The Morgan fingerprint density at radius 3 is 2.31 bits per heavy atom. The maximum atomic E-state index is 11.5. The molecule has 13 heavy (non-hydrogen) atoms. The molecule has 1 amide bonds. The molecule has 1 aliphatic rings. The number of hydrogen-bond donors (Lipinski definition) is 1. The molecule has 0 aliphatic carbocycles. The maximum absolute atomic E-state index is 11.5. The Kier molecular flexibility index (Phi) is 2.69. The van der Waals surface area contributed by atoms with Gasteiger partial charge < -0.3 is 5.32 Å². The number of amides is 1. The molecule has 2 nitrogen and oxygen atoms in total. The predicted octanol–water partition coefficient (Wildman–Crippen LogP) is 2.19. The third kappa shape index (κ3) is 1.87. The van der Waals surface area contributed by atoms with Crippen molar-refractivity contribution >= 4 is 5.91 Å². The van der Waals surface area contributed by atoms with Crippen LogP contribution in [-0.2, 0) is 4.79 Å². The first-order valence-electron chi connectivity index (χ1n) is 5.16. The van der Waals surface area contributed by atoms with Crippen LogP contribution in [0.15, 0.2) is 0 Å². The lowest BCUT2D eigenvalue weighted by atomic mass is 9.75. The highest BCUT2D eigenvalue weighted by Gasteiger charge is 2.45. The lowest BCUT2D eigenvalue weighted by molar-refractivity contribution is -0.123. The Morgan fingerprint density at radius 1 is 1.46 bits per heavy atom. The largest absolute Gasteiger partial charge is 0.353 e. The first-order valence-corrected chi connectivity index (χ1v) is 5.16. The normalized spacial score (nSPS) is 32.3. The van der Waals surface area contributed by atoms with Gasteiger partial charge in [0.25, 0.3) is 0 Å². The predicted molar refractivity (Wildman–Crippen MR) is 54.3 cm³/mol. The molecule has 0 bridgehead atoms. The molecule has 2 atom stereocenters. The summed E-state index contributed by atoms with van der Waals surface area (Å²) in [7, 11) is 0. The molecule has 1 aliphatic heterocycles. The van der Waals surface area contributed by atoms with E-state index in [-0.39, 0.29) is 17.2 Å². The smallest absolute Gasteiger partial charge is 0.223 e. The van der Waals surface area contributed by atoms with Gasteiger partial charge in [-0.25, -0.2) is 0 Å². The van der Waals surface area contributed by atoms with Crippen molar-refractivity contribution in [3.8, 4) is 0 Å². The third-order valence-electron chi connectivity index (χ3n) is 3.43. The molecule has 76 valence electrons. The van der Waals surface area contributed by atoms with Gasteiger partial charge in [-0.05, 0) is 17.8 Å². The second-order valence-corrected chi connectivity index (χ2v) is 5.23. The van der Waals surface area contributed by atoms with E-state index in [0.717, 1.165) is 6.42 Å². The van der Waals surface area contributed by atoms with E-state index in [1.807, 2.05) is 6.92 Å². The van der Waals surface area contributed by atoms with Crippen LogP contribution in [0.5, 0.6) is 0 Å². The van der Waals surface area contributed by atoms with Gasteiger partial charge in [-0.2, -0.15) is 0 Å². The molecule has 0 spiro atoms. The molecule has 1 saturated heterocycles. The standard InChI is InChI=1S/C11H21NO/c1-7(2)6-9-11(4,5)8(3)10(13)12-9/h7-9H,6H2,1-5H3,(H,12,13). The molecular formula is C11H21NO. The average Bonchev–Trinajstić information content (AvgIpc) is 2.15. The maximum Gasteiger partial charge on any atom is 0.223 e. The first kappa shape index (κ1) is 10.6. The molecule has 2 heteroatoms. The number of hydrogen-bond acceptors (Lipinski definition) is 1. The fourth-order valence-corrected chi connectivity index (χ4v) is 1.96. The van der Waals surface area contributed by atoms with Gasteiger partial charge in [-0.1, -0.05) is 34.6 Å². The second-order valence-electron chi connectivity index (χ2n) is 5.23. The zero-order valence-corrected chi connectivity index (χ0v) is 9.35. The summed E-state index contributed by atoms with van der Waals surface area (Å²) in [5.41, 5.74) is 0.112. The second kappa shape index (κ2) is 3.32. The summed E-state index contributed by atoms with van der Waals surface area (Å²) < 4.78 is 0. The molecule has 0 saturated carbocycles. The third-order valence-corrected chi connectivity index (χ3v) is 3.43. The van der Waals surface area contributed by atoms with Crippen LogP contribution in [0.4, 0.5) is 0 Å². The van der Waals surface area contributed by atoms with Gasteiger partial charge in [-0.15, -0.1) is 0 Å². The van der Waals surface area contributed by atoms with Crippen LogP contribution >= 0.6 is 0 Å². The van der Waals surface area contributed by atoms with E-state index in [0.29, 0.717) is 12.0 Å². The van der Waals surface area contributed by atoms with Gasteiger partial charge >= 0.3 is 0 Å². The summed E-state index contributed by atoms with van der Waals surface area (Å²) in [6.45, 7) is 10.8. The van der Waals surface area contributed by atoms with Gasteiger partial charge in [0, 0.05) is 12.0 Å². The van der Waals surface area contributed by atoms with Crippen molar-refractivity contribution in [1.29, 1.82) is 0 Å². The van der Waals surface area contributed by atoms with Gasteiger partial charge in [-0.3, -0.25) is 4.79 Å². The SMILES string of the molecule is CC(C)CC1NC(=O)C(C)C1(C)C. The highest BCUT2D eigenvalue weighted by molar-refractivity contribution is 5.82. The van der Waals surface area contributed by atoms with Crippen molar-refractivity contribution in [3.63, 3.8) is 0 Å². The molecule has 0 aromatic heterocycles. The summed E-state index contributed by atoms with van der Waals surface area (Å²) in [6, 6.07) is 0.356. The van der Waals surface area contributed by atoms with Crippen molar-refractivity contribution in [2.75, 3.05) is 0 Å². The van der Waals surface area contributed by atoms with Crippen molar-refractivity contribution in [2.45, 2.75) is 47.1 Å². The molecule has 0 aromatic carbocycles. The summed E-state index contributed by atoms with van der Waals surface area (Å²) >= 11 is 0. The Labute approximate surface area is 81.1 Å². The minimum Gasteiger partial charge on any atom is -0.353 e. The Balaban J connectivity index is 2.72. The Hall–Kier alpha value is -0.530. The highest BCUT2D eigenvalue weighted by Crippen LogP contribution is 2.38. The van der Waals surface area contributed by atoms with E-state index in [1.165, 1.54) is 0 Å². The van der Waals surface area contributed by atoms with Crippen LogP contribution in [-0.4, -0.2) is 11.9 Å². The van der Waals surface area contributed by atoms with E-state index in [1.54, 1.807) is 0 Å². The van der Waals surface area contributed by atoms with E-state index in [4.69, 9.17) is 0 Å². The fraction of sp³-hybridized carbons (Fsp3) is 0.909. The number of nitrogens with one attached hydrogen (secondary N) is 1. The highest BCUT2D eigenvalue weighted by atomic mass is 16.2. The molecule has 0 radical (unpaired) electrons. The van der Waals surface area contributed by atoms with Gasteiger partial charge in [0.2, 0.25) is 5.91 Å². The van der Waals surface area contributed by atoms with Crippen molar-refractivity contribution in [2.24, 2.45) is 17.3 Å². The molecule has 1 heterocycles. The van der Waals surface area contributed by atoms with Gasteiger partial charge in [0.1, 0.15) is 0 Å². The van der Waals surface area contributed by atoms with E-state index >= 15 is 0 Å². The van der Waals surface area contributed by atoms with Gasteiger partial charge in [0.15, 0.2) is 0 Å². The number of carbonyl (C=O) groups excluding carboxylic acids is 1. The van der Waals surface area contributed by atoms with Gasteiger partial charge in [0.05, 0.1) is 0 Å². The van der Waals surface area contributed by atoms with Crippen LogP contribution in [0.1, 0.15) is 41.0 Å². The molecule has 0 aromatic rings. The molecular weight excluding hydrogens is 162 g/mol. The monoisotopic (exact) mass is 183 g/mol. The minimum atomic E-state index is 0.112. The topological polar surface area (TPSA) is 29.1 Å². The zero-order valence-electron chi connectivity index (χ0n) is 9.35. The molecule has 2 unspecified atom stereocenters. The summed E-state index contributed by atoms with van der Waals surface area (Å²) in [5, 5.41) is 3.09. The van der Waals surface area contributed by atoms with Crippen LogP contribution in [0.2, 0.25) is 0 Å². The summed E-state index contributed by atoms with van der Waals surface area (Å²) in [5.74, 6) is 1.02. The lowest BCUT2D eigenvalue weighted by Crippen LogP contribution is -2.35. The molecule has 1 rings (SSSR count). The summed E-state index contributed by atoms with van der Waals surface area (Å²) in [4.78, 5) is 11.5. The number of carbonyl (C=O) groups is 1. The minimum absolute atomic E-state index is 0.112. The van der Waals surface area contributed by atoms with Crippen LogP contribution in [0.25, 0.3) is 0 Å². The first-order chi connectivity index (χ1) is 5.85. The fourth-order valence-electron chi connectivity index (χ4n) is 1.96. The van der Waals surface area contributed by atoms with Crippen molar-refractivity contribution in [3.05, 3.63) is 0 Å². The van der Waals surface area contributed by atoms with Crippen LogP contribution < -0.4 is 5.32 Å². The zero-order chi connectivity index (χ0) is 10.2. The van der Waals surface area contributed by atoms with E-state index < -0.39 is 0 Å². The number of rotatable bonds is 2. The van der Waals surface area contributed by atoms with Crippen LogP contribution in [0, 0.1) is 17.3 Å².